The van der Waals surface area contributed by atoms with Crippen molar-refractivity contribution in [3.8, 4) is 0 Å². The number of nitrogens with zero attached hydrogens (tertiary/aromatic N) is 2. The Labute approximate surface area is 153 Å². The maximum atomic E-state index is 12.6. The zero-order chi connectivity index (χ0) is 18.5. The van der Waals surface area contributed by atoms with Gasteiger partial charge in [-0.3, -0.25) is 9.59 Å². The van der Waals surface area contributed by atoms with Gasteiger partial charge in [-0.1, -0.05) is 18.2 Å². The molecule has 1 aromatic carbocycles. The zero-order valence-electron chi connectivity index (χ0n) is 15.0. The molecule has 0 aromatic heterocycles. The zero-order valence-corrected chi connectivity index (χ0v) is 15.0. The number of piperidine rings is 1. The molecule has 0 saturated carbocycles. The van der Waals surface area contributed by atoms with Gasteiger partial charge in [-0.25, -0.2) is 4.79 Å². The van der Waals surface area contributed by atoms with Gasteiger partial charge in [-0.2, -0.15) is 0 Å². The van der Waals surface area contributed by atoms with Crippen LogP contribution in [0.3, 0.4) is 0 Å². The first kappa shape index (κ1) is 18.2. The number of hydrogen-bond acceptors (Lipinski definition) is 4. The number of urea groups is 1. The molecule has 1 aromatic rings. The fraction of sp³-hybridized carbons (Fsp3) is 0.526. The van der Waals surface area contributed by atoms with Gasteiger partial charge in [0, 0.05) is 31.7 Å². The summed E-state index contributed by atoms with van der Waals surface area (Å²) in [6, 6.07) is 9.01. The molecule has 2 fully saturated rings. The molecular formula is C19H25N3O4. The molecular weight excluding hydrogens is 334 g/mol. The van der Waals surface area contributed by atoms with Gasteiger partial charge >= 0.3 is 12.0 Å². The Morgan fingerprint density at radius 3 is 2.73 bits per heavy atom. The van der Waals surface area contributed by atoms with Gasteiger partial charge in [0.15, 0.2) is 0 Å². The van der Waals surface area contributed by atoms with Crippen molar-refractivity contribution >= 4 is 23.6 Å². The second kappa shape index (κ2) is 8.21. The summed E-state index contributed by atoms with van der Waals surface area (Å²) in [4.78, 5) is 40.1. The van der Waals surface area contributed by atoms with E-state index >= 15 is 0 Å². The lowest BCUT2D eigenvalue weighted by atomic mass is 9.98. The Morgan fingerprint density at radius 1 is 1.23 bits per heavy atom. The normalized spacial score (nSPS) is 23.0. The quantitative estimate of drug-likeness (QED) is 0.831. The van der Waals surface area contributed by atoms with Crippen LogP contribution in [-0.2, 0) is 14.3 Å². The number of para-hydroxylation sites is 1. The number of anilines is 1. The maximum absolute atomic E-state index is 12.6. The van der Waals surface area contributed by atoms with E-state index in [0.717, 1.165) is 18.5 Å². The summed E-state index contributed by atoms with van der Waals surface area (Å²) in [5, 5.41) is 2.94. The van der Waals surface area contributed by atoms with E-state index in [1.807, 2.05) is 30.3 Å². The highest BCUT2D eigenvalue weighted by atomic mass is 16.5. The van der Waals surface area contributed by atoms with Crippen molar-refractivity contribution in [1.29, 1.82) is 0 Å². The fourth-order valence-electron chi connectivity index (χ4n) is 3.54. The number of carbonyl (C=O) groups is 3. The average molecular weight is 359 g/mol. The largest absolute Gasteiger partial charge is 0.466 e. The molecule has 2 atom stereocenters. The first-order chi connectivity index (χ1) is 12.6. The van der Waals surface area contributed by atoms with Crippen LogP contribution in [0.4, 0.5) is 10.5 Å². The first-order valence-electron chi connectivity index (χ1n) is 9.16. The molecule has 26 heavy (non-hydrogen) atoms. The second-order valence-corrected chi connectivity index (χ2v) is 6.73. The number of hydrogen-bond donors (Lipinski definition) is 1. The van der Waals surface area contributed by atoms with Crippen LogP contribution in [0.5, 0.6) is 0 Å². The summed E-state index contributed by atoms with van der Waals surface area (Å²) in [5.74, 6) is -0.499. The molecule has 0 aliphatic carbocycles. The Bertz CT molecular complexity index is 664. The fourth-order valence-corrected chi connectivity index (χ4v) is 3.54. The summed E-state index contributed by atoms with van der Waals surface area (Å²) < 4.78 is 5.07. The van der Waals surface area contributed by atoms with Crippen LogP contribution < -0.4 is 10.2 Å². The van der Waals surface area contributed by atoms with Crippen LogP contribution in [0, 0.1) is 5.92 Å². The molecule has 0 unspecified atom stereocenters. The van der Waals surface area contributed by atoms with Crippen LogP contribution in [0.25, 0.3) is 0 Å². The molecule has 2 saturated heterocycles. The van der Waals surface area contributed by atoms with Gasteiger partial charge in [-0.15, -0.1) is 0 Å². The molecule has 0 radical (unpaired) electrons. The third-order valence-corrected chi connectivity index (χ3v) is 4.85. The highest BCUT2D eigenvalue weighted by molar-refractivity contribution is 5.96. The predicted molar refractivity (Wildman–Crippen MR) is 96.7 cm³/mol. The molecule has 7 heteroatoms. The molecule has 3 amide bonds. The lowest BCUT2D eigenvalue weighted by Crippen LogP contribution is -2.50. The van der Waals surface area contributed by atoms with Gasteiger partial charge in [0.05, 0.1) is 18.6 Å². The van der Waals surface area contributed by atoms with Gasteiger partial charge in [0.25, 0.3) is 0 Å². The van der Waals surface area contributed by atoms with E-state index in [4.69, 9.17) is 4.74 Å². The highest BCUT2D eigenvalue weighted by Gasteiger charge is 2.34. The number of esters is 1. The van der Waals surface area contributed by atoms with E-state index in [2.05, 4.69) is 5.32 Å². The van der Waals surface area contributed by atoms with Gasteiger partial charge in [0.2, 0.25) is 5.91 Å². The second-order valence-electron chi connectivity index (χ2n) is 6.73. The number of likely N-dealkylation sites (tertiary alicyclic amines) is 1. The van der Waals surface area contributed by atoms with E-state index in [1.54, 1.807) is 16.7 Å². The topological polar surface area (TPSA) is 79.0 Å². The van der Waals surface area contributed by atoms with Crippen molar-refractivity contribution in [2.24, 2.45) is 5.92 Å². The maximum Gasteiger partial charge on any atom is 0.317 e. The Hall–Kier alpha value is -2.57. The molecule has 140 valence electrons. The molecule has 2 aliphatic rings. The van der Waals surface area contributed by atoms with Crippen molar-refractivity contribution in [2.45, 2.75) is 32.2 Å². The summed E-state index contributed by atoms with van der Waals surface area (Å²) in [5.41, 5.74) is 0.842. The Balaban J connectivity index is 1.55. The summed E-state index contributed by atoms with van der Waals surface area (Å²) in [7, 11) is 0. The van der Waals surface area contributed by atoms with Gasteiger partial charge in [-0.05, 0) is 31.9 Å². The van der Waals surface area contributed by atoms with Crippen molar-refractivity contribution < 1.29 is 19.1 Å². The van der Waals surface area contributed by atoms with Crippen molar-refractivity contribution in [2.75, 3.05) is 31.1 Å². The van der Waals surface area contributed by atoms with Crippen LogP contribution in [0.1, 0.15) is 26.2 Å². The lowest BCUT2D eigenvalue weighted by molar-refractivity contribution is -0.149. The molecule has 3 rings (SSSR count). The van der Waals surface area contributed by atoms with Crippen molar-refractivity contribution in [3.63, 3.8) is 0 Å². The van der Waals surface area contributed by atoms with Gasteiger partial charge < -0.3 is 19.9 Å². The van der Waals surface area contributed by atoms with Crippen LogP contribution in [-0.4, -0.2) is 55.1 Å². The van der Waals surface area contributed by atoms with E-state index in [0.29, 0.717) is 26.2 Å². The molecule has 7 nitrogen and oxygen atoms in total. The summed E-state index contributed by atoms with van der Waals surface area (Å²) in [6.45, 7) is 3.57. The number of benzene rings is 1. The van der Waals surface area contributed by atoms with E-state index < -0.39 is 0 Å². The third kappa shape index (κ3) is 4.15. The minimum absolute atomic E-state index is 0.00421. The smallest absolute Gasteiger partial charge is 0.317 e. The highest BCUT2D eigenvalue weighted by Crippen LogP contribution is 2.22. The standard InChI is InChI=1S/C19H25N3O4/c1-2-26-18(24)14-7-6-10-21(12-14)19(25)20-15-11-17(23)22(13-15)16-8-4-3-5-9-16/h3-5,8-9,14-15H,2,6-7,10-13H2,1H3,(H,20,25)/t14-,15-/m1/s1. The van der Waals surface area contributed by atoms with Crippen LogP contribution in [0.15, 0.2) is 30.3 Å². The number of carbonyl (C=O) groups excluding carboxylic acids is 3. The van der Waals surface area contributed by atoms with Crippen molar-refractivity contribution in [3.05, 3.63) is 30.3 Å². The van der Waals surface area contributed by atoms with Crippen LogP contribution in [0.2, 0.25) is 0 Å². The number of nitrogens with one attached hydrogen (secondary N) is 1. The Morgan fingerprint density at radius 2 is 2.00 bits per heavy atom. The molecule has 0 spiro atoms. The minimum atomic E-state index is -0.263. The van der Waals surface area contributed by atoms with E-state index in [1.165, 1.54) is 0 Å². The number of amides is 3. The monoisotopic (exact) mass is 359 g/mol. The average Bonchev–Trinajstić information content (AvgIpc) is 3.03. The summed E-state index contributed by atoms with van der Waals surface area (Å²) in [6.07, 6.45) is 1.80. The Kier molecular flexibility index (Phi) is 5.75. The number of ether oxygens (including phenoxy) is 1. The van der Waals surface area contributed by atoms with Crippen LogP contribution >= 0.6 is 0 Å². The first-order valence-corrected chi connectivity index (χ1v) is 9.16. The lowest BCUT2D eigenvalue weighted by Gasteiger charge is -2.32. The van der Waals surface area contributed by atoms with E-state index in [-0.39, 0.29) is 36.3 Å². The molecule has 1 N–H and O–H groups in total. The molecule has 2 aliphatic heterocycles. The summed E-state index contributed by atoms with van der Waals surface area (Å²) >= 11 is 0. The number of rotatable bonds is 4. The third-order valence-electron chi connectivity index (χ3n) is 4.85. The SMILES string of the molecule is CCOC(=O)[C@@H]1CCCN(C(=O)N[C@@H]2CC(=O)N(c3ccccc3)C2)C1. The molecule has 0 bridgehead atoms. The van der Waals surface area contributed by atoms with Gasteiger partial charge in [0.1, 0.15) is 0 Å². The predicted octanol–water partition coefficient (Wildman–Crippen LogP) is 1.78. The van der Waals surface area contributed by atoms with Crippen molar-refractivity contribution in [1.82, 2.24) is 10.2 Å². The van der Waals surface area contributed by atoms with E-state index in [9.17, 15) is 14.4 Å². The molecule has 2 heterocycles. The minimum Gasteiger partial charge on any atom is -0.466 e.